The molecule has 0 unspecified atom stereocenters. The van der Waals surface area contributed by atoms with Crippen molar-refractivity contribution in [2.75, 3.05) is 0 Å². The van der Waals surface area contributed by atoms with Crippen molar-refractivity contribution in [1.82, 2.24) is 9.99 Å². The minimum Gasteiger partial charge on any atom is -0.340 e. The predicted octanol–water partition coefficient (Wildman–Crippen LogP) is 6.03. The number of hydrogen-bond acceptors (Lipinski definition) is 2. The van der Waals surface area contributed by atoms with E-state index in [0.717, 1.165) is 16.6 Å². The molecule has 29 heavy (non-hydrogen) atoms. The molecule has 0 atom stereocenters. The SMILES string of the molecule is CC(=NNC(=O)CCn1c2ccccc2c2ccccc21)c1ccc(Cl)c(Cl)c1. The van der Waals surface area contributed by atoms with Gasteiger partial charge in [-0.05, 0) is 36.8 Å². The Hall–Kier alpha value is -2.82. The van der Waals surface area contributed by atoms with Gasteiger partial charge in [-0.1, -0.05) is 65.7 Å². The van der Waals surface area contributed by atoms with E-state index in [-0.39, 0.29) is 5.91 Å². The molecule has 1 heterocycles. The summed E-state index contributed by atoms with van der Waals surface area (Å²) in [5.74, 6) is -0.147. The van der Waals surface area contributed by atoms with Gasteiger partial charge in [-0.15, -0.1) is 0 Å². The number of carbonyl (C=O) groups is 1. The van der Waals surface area contributed by atoms with E-state index in [4.69, 9.17) is 23.2 Å². The molecule has 0 spiro atoms. The fraction of sp³-hybridized carbons (Fsp3) is 0.130. The van der Waals surface area contributed by atoms with Crippen LogP contribution in [0.25, 0.3) is 21.8 Å². The minimum atomic E-state index is -0.147. The fourth-order valence-corrected chi connectivity index (χ4v) is 3.74. The molecular weight excluding hydrogens is 405 g/mol. The van der Waals surface area contributed by atoms with E-state index in [1.54, 1.807) is 12.1 Å². The molecule has 4 nitrogen and oxygen atoms in total. The number of aromatic nitrogens is 1. The molecule has 0 aliphatic rings. The summed E-state index contributed by atoms with van der Waals surface area (Å²) in [6.07, 6.45) is 0.320. The molecule has 0 aliphatic heterocycles. The van der Waals surface area contributed by atoms with Crippen LogP contribution in [0.5, 0.6) is 0 Å². The molecule has 3 aromatic carbocycles. The van der Waals surface area contributed by atoms with Crippen LogP contribution in [0.3, 0.4) is 0 Å². The van der Waals surface area contributed by atoms with Crippen molar-refractivity contribution in [3.05, 3.63) is 82.3 Å². The van der Waals surface area contributed by atoms with Crippen molar-refractivity contribution in [1.29, 1.82) is 0 Å². The zero-order chi connectivity index (χ0) is 20.4. The number of hydrazone groups is 1. The molecule has 1 amide bonds. The number of amides is 1. The predicted molar refractivity (Wildman–Crippen MR) is 121 cm³/mol. The number of halogens is 2. The molecule has 6 heteroatoms. The lowest BCUT2D eigenvalue weighted by atomic mass is 10.1. The van der Waals surface area contributed by atoms with E-state index < -0.39 is 0 Å². The Bertz CT molecular complexity index is 1190. The molecule has 0 bridgehead atoms. The van der Waals surface area contributed by atoms with Crippen molar-refractivity contribution >= 4 is 56.6 Å². The number of aryl methyl sites for hydroxylation is 1. The molecular formula is C23H19Cl2N3O. The highest BCUT2D eigenvalue weighted by Gasteiger charge is 2.11. The molecule has 0 saturated carbocycles. The van der Waals surface area contributed by atoms with Crippen LogP contribution in [-0.2, 0) is 11.3 Å². The summed E-state index contributed by atoms with van der Waals surface area (Å²) in [5.41, 5.74) is 6.35. The van der Waals surface area contributed by atoms with Crippen LogP contribution in [0.1, 0.15) is 18.9 Å². The number of nitrogens with one attached hydrogen (secondary N) is 1. The zero-order valence-corrected chi connectivity index (χ0v) is 17.3. The third-order valence-electron chi connectivity index (χ3n) is 4.93. The Morgan fingerprint density at radius 3 is 2.17 bits per heavy atom. The summed E-state index contributed by atoms with van der Waals surface area (Å²) in [6.45, 7) is 2.38. The summed E-state index contributed by atoms with van der Waals surface area (Å²) in [6, 6.07) is 21.7. The summed E-state index contributed by atoms with van der Waals surface area (Å²) >= 11 is 12.0. The lowest BCUT2D eigenvalue weighted by Gasteiger charge is -2.07. The van der Waals surface area contributed by atoms with Crippen LogP contribution in [0.4, 0.5) is 0 Å². The zero-order valence-electron chi connectivity index (χ0n) is 15.8. The first-order valence-electron chi connectivity index (χ1n) is 9.29. The Morgan fingerprint density at radius 1 is 0.931 bits per heavy atom. The topological polar surface area (TPSA) is 46.4 Å². The second-order valence-corrected chi connectivity index (χ2v) is 7.61. The second kappa shape index (κ2) is 8.27. The molecule has 0 saturated heterocycles. The van der Waals surface area contributed by atoms with Gasteiger partial charge in [0, 0.05) is 34.8 Å². The summed E-state index contributed by atoms with van der Waals surface area (Å²) in [5, 5.41) is 7.52. The summed E-state index contributed by atoms with van der Waals surface area (Å²) in [7, 11) is 0. The minimum absolute atomic E-state index is 0.147. The van der Waals surface area contributed by atoms with Gasteiger partial charge in [0.2, 0.25) is 5.91 Å². The quantitative estimate of drug-likeness (QED) is 0.309. The standard InChI is InChI=1S/C23H19Cl2N3O/c1-15(16-10-11-19(24)20(25)14-16)26-27-23(29)12-13-28-21-8-4-2-6-17(21)18-7-3-5-9-22(18)28/h2-11,14H,12-13H2,1H3,(H,27,29). The highest BCUT2D eigenvalue weighted by atomic mass is 35.5. The van der Waals surface area contributed by atoms with Crippen LogP contribution < -0.4 is 5.43 Å². The van der Waals surface area contributed by atoms with Crippen molar-refractivity contribution in [3.63, 3.8) is 0 Å². The van der Waals surface area contributed by atoms with E-state index in [2.05, 4.69) is 39.4 Å². The van der Waals surface area contributed by atoms with Crippen LogP contribution in [-0.4, -0.2) is 16.2 Å². The van der Waals surface area contributed by atoms with Gasteiger partial charge >= 0.3 is 0 Å². The first-order chi connectivity index (χ1) is 14.0. The van der Waals surface area contributed by atoms with Gasteiger partial charge in [-0.3, -0.25) is 4.79 Å². The van der Waals surface area contributed by atoms with Gasteiger partial charge in [0.1, 0.15) is 0 Å². The number of fused-ring (bicyclic) bond motifs is 3. The normalized spacial score (nSPS) is 11.9. The molecule has 146 valence electrons. The highest BCUT2D eigenvalue weighted by Crippen LogP contribution is 2.28. The smallest absolute Gasteiger partial charge is 0.241 e. The van der Waals surface area contributed by atoms with Crippen LogP contribution >= 0.6 is 23.2 Å². The van der Waals surface area contributed by atoms with E-state index >= 15 is 0 Å². The third kappa shape index (κ3) is 4.00. The number of hydrogen-bond donors (Lipinski definition) is 1. The Balaban J connectivity index is 1.49. The van der Waals surface area contributed by atoms with E-state index in [1.165, 1.54) is 10.8 Å². The monoisotopic (exact) mass is 423 g/mol. The average Bonchev–Trinajstić information content (AvgIpc) is 3.06. The molecule has 4 rings (SSSR count). The molecule has 1 aromatic heterocycles. The molecule has 0 radical (unpaired) electrons. The number of para-hydroxylation sites is 2. The van der Waals surface area contributed by atoms with Crippen LogP contribution in [0.15, 0.2) is 71.8 Å². The van der Waals surface area contributed by atoms with Gasteiger partial charge in [0.15, 0.2) is 0 Å². The fourth-order valence-electron chi connectivity index (χ4n) is 3.45. The van der Waals surface area contributed by atoms with E-state index in [9.17, 15) is 4.79 Å². The largest absolute Gasteiger partial charge is 0.340 e. The van der Waals surface area contributed by atoms with Gasteiger partial charge in [0.25, 0.3) is 0 Å². The number of nitrogens with zero attached hydrogens (tertiary/aromatic N) is 2. The van der Waals surface area contributed by atoms with Crippen molar-refractivity contribution in [2.24, 2.45) is 5.10 Å². The van der Waals surface area contributed by atoms with Crippen LogP contribution in [0, 0.1) is 0 Å². The lowest BCUT2D eigenvalue weighted by Crippen LogP contribution is -2.20. The van der Waals surface area contributed by atoms with Gasteiger partial charge in [0.05, 0.1) is 15.8 Å². The molecule has 0 fully saturated rings. The highest BCUT2D eigenvalue weighted by molar-refractivity contribution is 6.42. The summed E-state index contributed by atoms with van der Waals surface area (Å²) in [4.78, 5) is 12.4. The number of carbonyl (C=O) groups excluding carboxylic acids is 1. The van der Waals surface area contributed by atoms with E-state index in [1.807, 2.05) is 37.3 Å². The van der Waals surface area contributed by atoms with Gasteiger partial charge in [-0.25, -0.2) is 5.43 Å². The maximum absolute atomic E-state index is 12.4. The Labute approximate surface area is 178 Å². The van der Waals surface area contributed by atoms with Gasteiger partial charge < -0.3 is 4.57 Å². The summed E-state index contributed by atoms with van der Waals surface area (Å²) < 4.78 is 2.18. The molecule has 1 N–H and O–H groups in total. The maximum Gasteiger partial charge on any atom is 0.241 e. The number of rotatable bonds is 5. The third-order valence-corrected chi connectivity index (χ3v) is 5.67. The van der Waals surface area contributed by atoms with Crippen molar-refractivity contribution in [3.8, 4) is 0 Å². The average molecular weight is 424 g/mol. The van der Waals surface area contributed by atoms with Crippen molar-refractivity contribution in [2.45, 2.75) is 19.9 Å². The van der Waals surface area contributed by atoms with E-state index in [0.29, 0.717) is 28.7 Å². The second-order valence-electron chi connectivity index (χ2n) is 6.80. The first kappa shape index (κ1) is 19.5. The Morgan fingerprint density at radius 2 is 1.55 bits per heavy atom. The lowest BCUT2D eigenvalue weighted by molar-refractivity contribution is -0.121. The van der Waals surface area contributed by atoms with Crippen molar-refractivity contribution < 1.29 is 4.79 Å². The molecule has 4 aromatic rings. The van der Waals surface area contributed by atoms with Crippen LogP contribution in [0.2, 0.25) is 10.0 Å². The van der Waals surface area contributed by atoms with Gasteiger partial charge in [-0.2, -0.15) is 5.10 Å². The number of benzene rings is 3. The Kier molecular flexibility index (Phi) is 5.56. The first-order valence-corrected chi connectivity index (χ1v) is 10.0. The maximum atomic E-state index is 12.4. The molecule has 0 aliphatic carbocycles.